The third-order valence-electron chi connectivity index (χ3n) is 3.01. The second-order valence-electron chi connectivity index (χ2n) is 4.35. The van der Waals surface area contributed by atoms with Crippen molar-refractivity contribution in [2.24, 2.45) is 0 Å². The van der Waals surface area contributed by atoms with Gasteiger partial charge in [-0.2, -0.15) is 13.2 Å². The molecule has 1 aliphatic rings. The molecule has 1 aromatic carbocycles. The Labute approximate surface area is 102 Å². The van der Waals surface area contributed by atoms with Crippen LogP contribution in [-0.2, 0) is 17.8 Å². The number of carbonyl (C=O) groups is 1. The number of rotatable bonds is 2. The highest BCUT2D eigenvalue weighted by Crippen LogP contribution is 2.27. The molecule has 18 heavy (non-hydrogen) atoms. The number of carboxylic acids is 1. The molecule has 0 amide bonds. The van der Waals surface area contributed by atoms with Crippen LogP contribution in [0, 0.1) is 0 Å². The molecule has 1 aromatic rings. The Morgan fingerprint density at radius 1 is 1.33 bits per heavy atom. The summed E-state index contributed by atoms with van der Waals surface area (Å²) in [5, 5.41) is 9.02. The summed E-state index contributed by atoms with van der Waals surface area (Å²) in [4.78, 5) is 12.0. The van der Waals surface area contributed by atoms with Gasteiger partial charge in [0.2, 0.25) is 0 Å². The number of carboxylic acid groups (broad SMARTS) is 1. The van der Waals surface area contributed by atoms with E-state index in [9.17, 15) is 18.0 Å². The van der Waals surface area contributed by atoms with E-state index in [1.165, 1.54) is 0 Å². The van der Waals surface area contributed by atoms with Crippen molar-refractivity contribution < 1.29 is 23.1 Å². The summed E-state index contributed by atoms with van der Waals surface area (Å²) in [5.74, 6) is -1.21. The minimum absolute atomic E-state index is 0.0205. The number of hydrogen-bond donors (Lipinski definition) is 1. The van der Waals surface area contributed by atoms with E-state index < -0.39 is 24.7 Å². The third-order valence-corrected chi connectivity index (χ3v) is 3.01. The summed E-state index contributed by atoms with van der Waals surface area (Å²) in [6.45, 7) is -1.18. The van der Waals surface area contributed by atoms with Gasteiger partial charge < -0.3 is 5.11 Å². The summed E-state index contributed by atoms with van der Waals surface area (Å²) in [7, 11) is 0. The molecular formula is C12H12F3NO2. The lowest BCUT2D eigenvalue weighted by Crippen LogP contribution is -2.49. The van der Waals surface area contributed by atoms with Gasteiger partial charge in [0.25, 0.3) is 0 Å². The number of halogens is 3. The van der Waals surface area contributed by atoms with Gasteiger partial charge >= 0.3 is 12.1 Å². The number of aliphatic carboxylic acids is 1. The van der Waals surface area contributed by atoms with Crippen molar-refractivity contribution in [1.82, 2.24) is 4.90 Å². The number of fused-ring (bicyclic) bond motifs is 1. The van der Waals surface area contributed by atoms with Gasteiger partial charge in [-0.3, -0.25) is 9.69 Å². The Bertz CT molecular complexity index is 459. The first kappa shape index (κ1) is 12.9. The van der Waals surface area contributed by atoms with Crippen molar-refractivity contribution in [3.8, 4) is 0 Å². The Morgan fingerprint density at radius 3 is 2.50 bits per heavy atom. The Morgan fingerprint density at radius 2 is 1.94 bits per heavy atom. The Balaban J connectivity index is 2.26. The van der Waals surface area contributed by atoms with Crippen LogP contribution in [0.4, 0.5) is 13.2 Å². The molecule has 1 heterocycles. The Kier molecular flexibility index (Phi) is 3.30. The zero-order valence-corrected chi connectivity index (χ0v) is 9.44. The van der Waals surface area contributed by atoms with Crippen LogP contribution in [0.5, 0.6) is 0 Å². The molecule has 2 rings (SSSR count). The topological polar surface area (TPSA) is 40.5 Å². The fourth-order valence-corrected chi connectivity index (χ4v) is 2.22. The van der Waals surface area contributed by atoms with Gasteiger partial charge in [-0.25, -0.2) is 0 Å². The first-order valence-electron chi connectivity index (χ1n) is 5.47. The maximum atomic E-state index is 12.4. The van der Waals surface area contributed by atoms with Crippen LogP contribution in [0.25, 0.3) is 0 Å². The van der Waals surface area contributed by atoms with Gasteiger partial charge in [-0.05, 0) is 17.5 Å². The molecule has 3 nitrogen and oxygen atoms in total. The molecule has 1 aliphatic heterocycles. The van der Waals surface area contributed by atoms with Gasteiger partial charge in [0.15, 0.2) is 0 Å². The van der Waals surface area contributed by atoms with Crippen molar-refractivity contribution in [2.75, 3.05) is 6.54 Å². The number of alkyl halides is 3. The average molecular weight is 259 g/mol. The first-order chi connectivity index (χ1) is 8.37. The maximum absolute atomic E-state index is 12.4. The molecule has 0 saturated heterocycles. The molecule has 0 bridgehead atoms. The molecule has 0 spiro atoms. The molecule has 1 N–H and O–H groups in total. The van der Waals surface area contributed by atoms with Crippen molar-refractivity contribution in [2.45, 2.75) is 25.2 Å². The summed E-state index contributed by atoms with van der Waals surface area (Å²) in [6.07, 6.45) is -4.28. The molecule has 1 unspecified atom stereocenters. The van der Waals surface area contributed by atoms with Crippen LogP contribution in [0.3, 0.4) is 0 Å². The molecule has 0 aliphatic carbocycles. The lowest BCUT2D eigenvalue weighted by molar-refractivity contribution is -0.163. The highest BCUT2D eigenvalue weighted by molar-refractivity contribution is 5.74. The predicted molar refractivity (Wildman–Crippen MR) is 58.0 cm³/mol. The summed E-state index contributed by atoms with van der Waals surface area (Å²) in [5.41, 5.74) is 1.57. The van der Waals surface area contributed by atoms with E-state index in [0.717, 1.165) is 16.0 Å². The van der Waals surface area contributed by atoms with E-state index in [1.807, 2.05) is 0 Å². The zero-order valence-electron chi connectivity index (χ0n) is 9.44. The highest BCUT2D eigenvalue weighted by Gasteiger charge is 2.38. The van der Waals surface area contributed by atoms with E-state index in [2.05, 4.69) is 0 Å². The minimum Gasteiger partial charge on any atom is -0.480 e. The van der Waals surface area contributed by atoms with Crippen LogP contribution in [-0.4, -0.2) is 34.7 Å². The number of benzene rings is 1. The van der Waals surface area contributed by atoms with Gasteiger partial charge in [-0.15, -0.1) is 0 Å². The highest BCUT2D eigenvalue weighted by atomic mass is 19.4. The molecule has 1 atom stereocenters. The molecule has 0 fully saturated rings. The van der Waals surface area contributed by atoms with Crippen molar-refractivity contribution >= 4 is 5.97 Å². The third kappa shape index (κ3) is 2.81. The molecule has 6 heteroatoms. The molecule has 0 radical (unpaired) electrons. The van der Waals surface area contributed by atoms with Crippen LogP contribution < -0.4 is 0 Å². The summed E-state index contributed by atoms with van der Waals surface area (Å²) >= 11 is 0. The maximum Gasteiger partial charge on any atom is 0.401 e. The molecule has 98 valence electrons. The lowest BCUT2D eigenvalue weighted by atomic mass is 9.94. The van der Waals surface area contributed by atoms with Crippen LogP contribution >= 0.6 is 0 Å². The lowest BCUT2D eigenvalue weighted by Gasteiger charge is -2.34. The second kappa shape index (κ2) is 4.61. The van der Waals surface area contributed by atoms with Crippen LogP contribution in [0.1, 0.15) is 11.1 Å². The van der Waals surface area contributed by atoms with Gasteiger partial charge in [-0.1, -0.05) is 24.3 Å². The fraction of sp³-hybridized carbons (Fsp3) is 0.417. The van der Waals surface area contributed by atoms with Crippen LogP contribution in [0.2, 0.25) is 0 Å². The van der Waals surface area contributed by atoms with E-state index in [0.29, 0.717) is 0 Å². The monoisotopic (exact) mass is 259 g/mol. The number of nitrogens with zero attached hydrogens (tertiary/aromatic N) is 1. The first-order valence-corrected chi connectivity index (χ1v) is 5.47. The van der Waals surface area contributed by atoms with Gasteiger partial charge in [0, 0.05) is 6.54 Å². The molecule has 0 aromatic heterocycles. The normalized spacial score (nSPS) is 20.5. The predicted octanol–water partition coefficient (Wildman–Crippen LogP) is 2.06. The fourth-order valence-electron chi connectivity index (χ4n) is 2.22. The van der Waals surface area contributed by atoms with Crippen molar-refractivity contribution in [1.29, 1.82) is 0 Å². The van der Waals surface area contributed by atoms with E-state index in [4.69, 9.17) is 5.11 Å². The molecule has 0 saturated carbocycles. The largest absolute Gasteiger partial charge is 0.480 e. The Hall–Kier alpha value is -1.56. The molecular weight excluding hydrogens is 247 g/mol. The van der Waals surface area contributed by atoms with Crippen molar-refractivity contribution in [3.05, 3.63) is 35.4 Å². The summed E-state index contributed by atoms with van der Waals surface area (Å²) < 4.78 is 37.3. The SMILES string of the molecule is O=C(O)C1Cc2ccccc2CN1CC(F)(F)F. The smallest absolute Gasteiger partial charge is 0.401 e. The minimum atomic E-state index is -4.39. The van der Waals surface area contributed by atoms with Gasteiger partial charge in [0.05, 0.1) is 6.54 Å². The summed E-state index contributed by atoms with van der Waals surface area (Å²) in [6, 6.07) is 5.89. The van der Waals surface area contributed by atoms with Crippen LogP contribution in [0.15, 0.2) is 24.3 Å². The second-order valence-corrected chi connectivity index (χ2v) is 4.35. The van der Waals surface area contributed by atoms with E-state index in [-0.39, 0.29) is 13.0 Å². The average Bonchev–Trinajstić information content (AvgIpc) is 2.25. The standard InChI is InChI=1S/C12H12F3NO2/c13-12(14,15)7-16-6-9-4-2-1-3-8(9)5-10(16)11(17)18/h1-4,10H,5-7H2,(H,17,18). The quantitative estimate of drug-likeness (QED) is 0.883. The van der Waals surface area contributed by atoms with E-state index in [1.54, 1.807) is 24.3 Å². The number of hydrogen-bond acceptors (Lipinski definition) is 2. The zero-order chi connectivity index (χ0) is 13.3. The van der Waals surface area contributed by atoms with Gasteiger partial charge in [0.1, 0.15) is 6.04 Å². The van der Waals surface area contributed by atoms with Crippen molar-refractivity contribution in [3.63, 3.8) is 0 Å². The van der Waals surface area contributed by atoms with E-state index >= 15 is 0 Å².